The average Bonchev–Trinajstić information content (AvgIpc) is 2.08. The van der Waals surface area contributed by atoms with Gasteiger partial charge in [0.05, 0.1) is 0 Å². The molecular formula is C9H16F2N2O. The van der Waals surface area contributed by atoms with Crippen molar-refractivity contribution in [2.45, 2.75) is 18.8 Å². The Labute approximate surface area is 82.5 Å². The van der Waals surface area contributed by atoms with Gasteiger partial charge in [0.1, 0.15) is 0 Å². The normalized spacial score (nSPS) is 20.3. The summed E-state index contributed by atoms with van der Waals surface area (Å²) in [5, 5.41) is 2.90. The minimum atomic E-state index is -2.61. The van der Waals surface area contributed by atoms with E-state index in [1.165, 1.54) is 4.90 Å². The maximum Gasteiger partial charge on any atom is 0.249 e. The van der Waals surface area contributed by atoms with Crippen molar-refractivity contribution in [3.8, 4) is 0 Å². The second kappa shape index (κ2) is 4.21. The SMILES string of the molecule is CNCCN(C)C(=O)C1CC(F)(F)C1. The van der Waals surface area contributed by atoms with E-state index in [1.54, 1.807) is 14.1 Å². The molecule has 0 aromatic heterocycles. The van der Waals surface area contributed by atoms with E-state index in [0.717, 1.165) is 0 Å². The second-order valence-electron chi connectivity index (χ2n) is 3.82. The van der Waals surface area contributed by atoms with E-state index >= 15 is 0 Å². The number of nitrogens with one attached hydrogen (secondary N) is 1. The third-order valence-corrected chi connectivity index (χ3v) is 2.51. The van der Waals surface area contributed by atoms with Crippen molar-refractivity contribution in [3.05, 3.63) is 0 Å². The molecule has 0 unspecified atom stereocenters. The smallest absolute Gasteiger partial charge is 0.249 e. The van der Waals surface area contributed by atoms with E-state index in [1.807, 2.05) is 0 Å². The molecule has 0 radical (unpaired) electrons. The van der Waals surface area contributed by atoms with E-state index in [2.05, 4.69) is 5.32 Å². The topological polar surface area (TPSA) is 32.3 Å². The fourth-order valence-electron chi connectivity index (χ4n) is 1.54. The van der Waals surface area contributed by atoms with Crippen molar-refractivity contribution >= 4 is 5.91 Å². The van der Waals surface area contributed by atoms with Gasteiger partial charge in [-0.15, -0.1) is 0 Å². The van der Waals surface area contributed by atoms with Gasteiger partial charge in [-0.05, 0) is 7.05 Å². The van der Waals surface area contributed by atoms with Crippen molar-refractivity contribution < 1.29 is 13.6 Å². The fraction of sp³-hybridized carbons (Fsp3) is 0.889. The number of carbonyl (C=O) groups excluding carboxylic acids is 1. The third kappa shape index (κ3) is 2.64. The number of carbonyl (C=O) groups is 1. The number of rotatable bonds is 4. The lowest BCUT2D eigenvalue weighted by molar-refractivity contribution is -0.158. The van der Waals surface area contributed by atoms with Gasteiger partial charge in [-0.1, -0.05) is 0 Å². The van der Waals surface area contributed by atoms with Crippen LogP contribution in [-0.4, -0.2) is 43.9 Å². The van der Waals surface area contributed by atoms with Crippen LogP contribution in [-0.2, 0) is 4.79 Å². The summed E-state index contributed by atoms with van der Waals surface area (Å²) in [5.41, 5.74) is 0. The summed E-state index contributed by atoms with van der Waals surface area (Å²) in [6.07, 6.45) is -0.564. The molecule has 1 saturated carbocycles. The molecule has 0 aromatic carbocycles. The standard InChI is InChI=1S/C9H16F2N2O/c1-12-3-4-13(2)8(14)7-5-9(10,11)6-7/h7,12H,3-6H2,1-2H3. The first-order valence-corrected chi connectivity index (χ1v) is 4.73. The molecule has 0 aliphatic heterocycles. The van der Waals surface area contributed by atoms with Crippen LogP contribution in [0.3, 0.4) is 0 Å². The van der Waals surface area contributed by atoms with Crippen molar-refractivity contribution in [1.82, 2.24) is 10.2 Å². The molecule has 0 saturated heterocycles. The first-order chi connectivity index (χ1) is 6.46. The first-order valence-electron chi connectivity index (χ1n) is 4.73. The van der Waals surface area contributed by atoms with Gasteiger partial charge in [-0.25, -0.2) is 8.78 Å². The average molecular weight is 206 g/mol. The third-order valence-electron chi connectivity index (χ3n) is 2.51. The van der Waals surface area contributed by atoms with Gasteiger partial charge in [-0.3, -0.25) is 4.79 Å². The van der Waals surface area contributed by atoms with Crippen LogP contribution < -0.4 is 5.32 Å². The summed E-state index contributed by atoms with van der Waals surface area (Å²) in [5.74, 6) is -3.23. The maximum atomic E-state index is 12.5. The molecule has 82 valence electrons. The molecule has 1 fully saturated rings. The van der Waals surface area contributed by atoms with E-state index in [0.29, 0.717) is 13.1 Å². The minimum Gasteiger partial charge on any atom is -0.344 e. The molecule has 3 nitrogen and oxygen atoms in total. The molecule has 0 atom stereocenters. The van der Waals surface area contributed by atoms with E-state index in [-0.39, 0.29) is 18.7 Å². The zero-order valence-electron chi connectivity index (χ0n) is 8.52. The molecule has 14 heavy (non-hydrogen) atoms. The molecule has 0 bridgehead atoms. The number of alkyl halides is 2. The van der Waals surface area contributed by atoms with Gasteiger partial charge in [0.2, 0.25) is 11.8 Å². The fourth-order valence-corrected chi connectivity index (χ4v) is 1.54. The van der Waals surface area contributed by atoms with Crippen LogP contribution in [0.15, 0.2) is 0 Å². The predicted octanol–water partition coefficient (Wildman–Crippen LogP) is 0.709. The molecule has 1 amide bonds. The van der Waals surface area contributed by atoms with Gasteiger partial charge < -0.3 is 10.2 Å². The van der Waals surface area contributed by atoms with Gasteiger partial charge in [-0.2, -0.15) is 0 Å². The summed E-state index contributed by atoms with van der Waals surface area (Å²) in [6.45, 7) is 1.25. The monoisotopic (exact) mass is 206 g/mol. The lowest BCUT2D eigenvalue weighted by atomic mass is 9.80. The Hall–Kier alpha value is -0.710. The van der Waals surface area contributed by atoms with Crippen LogP contribution in [0.2, 0.25) is 0 Å². The molecule has 1 N–H and O–H groups in total. The Kier molecular flexibility index (Phi) is 3.42. The number of nitrogens with zero attached hydrogens (tertiary/aromatic N) is 1. The summed E-state index contributed by atoms with van der Waals surface area (Å²) in [6, 6.07) is 0. The summed E-state index contributed by atoms with van der Waals surface area (Å²) < 4.78 is 25.0. The number of amides is 1. The Morgan fingerprint density at radius 3 is 2.57 bits per heavy atom. The quantitative estimate of drug-likeness (QED) is 0.734. The summed E-state index contributed by atoms with van der Waals surface area (Å²) >= 11 is 0. The van der Waals surface area contributed by atoms with Crippen molar-refractivity contribution in [2.75, 3.05) is 27.2 Å². The highest BCUT2D eigenvalue weighted by Gasteiger charge is 2.49. The van der Waals surface area contributed by atoms with Crippen molar-refractivity contribution in [2.24, 2.45) is 5.92 Å². The first kappa shape index (κ1) is 11.4. The molecule has 5 heteroatoms. The van der Waals surface area contributed by atoms with Gasteiger partial charge >= 0.3 is 0 Å². The number of hydrogen-bond acceptors (Lipinski definition) is 2. The Morgan fingerprint density at radius 1 is 1.57 bits per heavy atom. The molecule has 0 spiro atoms. The highest BCUT2D eigenvalue weighted by atomic mass is 19.3. The zero-order chi connectivity index (χ0) is 10.8. The zero-order valence-corrected chi connectivity index (χ0v) is 8.52. The second-order valence-corrected chi connectivity index (χ2v) is 3.82. The highest BCUT2D eigenvalue weighted by molar-refractivity contribution is 5.79. The van der Waals surface area contributed by atoms with Crippen LogP contribution >= 0.6 is 0 Å². The van der Waals surface area contributed by atoms with E-state index in [4.69, 9.17) is 0 Å². The largest absolute Gasteiger partial charge is 0.344 e. The molecule has 0 aromatic rings. The summed E-state index contributed by atoms with van der Waals surface area (Å²) in [4.78, 5) is 13.0. The Morgan fingerprint density at radius 2 is 2.14 bits per heavy atom. The molecule has 0 heterocycles. The van der Waals surface area contributed by atoms with Crippen molar-refractivity contribution in [1.29, 1.82) is 0 Å². The number of halogens is 2. The van der Waals surface area contributed by atoms with Crippen molar-refractivity contribution in [3.63, 3.8) is 0 Å². The molecule has 1 aliphatic rings. The molecule has 1 rings (SSSR count). The van der Waals surface area contributed by atoms with E-state index < -0.39 is 11.8 Å². The van der Waals surface area contributed by atoms with Crippen LogP contribution in [0.25, 0.3) is 0 Å². The van der Waals surface area contributed by atoms with E-state index in [9.17, 15) is 13.6 Å². The Bertz CT molecular complexity index is 213. The Balaban J connectivity index is 2.29. The highest BCUT2D eigenvalue weighted by Crippen LogP contribution is 2.42. The van der Waals surface area contributed by atoms with Gasteiger partial charge in [0.15, 0.2) is 0 Å². The maximum absolute atomic E-state index is 12.5. The van der Waals surface area contributed by atoms with Crippen LogP contribution in [0.5, 0.6) is 0 Å². The lowest BCUT2D eigenvalue weighted by Crippen LogP contribution is -2.46. The van der Waals surface area contributed by atoms with Gasteiger partial charge in [0, 0.05) is 38.9 Å². The minimum absolute atomic E-state index is 0.161. The molecule has 1 aliphatic carbocycles. The number of likely N-dealkylation sites (N-methyl/N-ethyl adjacent to an activating group) is 2. The summed E-state index contributed by atoms with van der Waals surface area (Å²) in [7, 11) is 3.44. The van der Waals surface area contributed by atoms with Gasteiger partial charge in [0.25, 0.3) is 0 Å². The number of hydrogen-bond donors (Lipinski definition) is 1. The molecular weight excluding hydrogens is 190 g/mol. The lowest BCUT2D eigenvalue weighted by Gasteiger charge is -2.36. The predicted molar refractivity (Wildman–Crippen MR) is 49.2 cm³/mol. The van der Waals surface area contributed by atoms with Crippen LogP contribution in [0, 0.1) is 5.92 Å². The van der Waals surface area contributed by atoms with Crippen LogP contribution in [0.4, 0.5) is 8.78 Å². The van der Waals surface area contributed by atoms with Crippen LogP contribution in [0.1, 0.15) is 12.8 Å².